The second kappa shape index (κ2) is 4.91. The predicted octanol–water partition coefficient (Wildman–Crippen LogP) is 2.97. The number of nitrogens with one attached hydrogen (secondary N) is 1. The van der Waals surface area contributed by atoms with Crippen LogP contribution in [0.1, 0.15) is 25.0 Å². The van der Waals surface area contributed by atoms with E-state index >= 15 is 0 Å². The highest BCUT2D eigenvalue weighted by Crippen LogP contribution is 2.25. The summed E-state index contributed by atoms with van der Waals surface area (Å²) >= 11 is 1.95. The van der Waals surface area contributed by atoms with Crippen molar-refractivity contribution in [2.45, 2.75) is 26.4 Å². The minimum Gasteiger partial charge on any atom is -0.349 e. The van der Waals surface area contributed by atoms with Gasteiger partial charge in [-0.1, -0.05) is 31.2 Å². The number of amidine groups is 1. The Balaban J connectivity index is 2.09. The van der Waals surface area contributed by atoms with Gasteiger partial charge in [0.2, 0.25) is 0 Å². The third kappa shape index (κ3) is 2.09. The van der Waals surface area contributed by atoms with Crippen LogP contribution < -0.4 is 0 Å². The summed E-state index contributed by atoms with van der Waals surface area (Å²) in [6.45, 7) is 5.30. The van der Waals surface area contributed by atoms with Gasteiger partial charge < -0.3 is 4.90 Å². The fourth-order valence-electron chi connectivity index (χ4n) is 2.06. The van der Waals surface area contributed by atoms with Gasteiger partial charge in [-0.3, -0.25) is 5.41 Å². The highest BCUT2D eigenvalue weighted by molar-refractivity contribution is 7.99. The normalized spacial score (nSPS) is 16.4. The number of hydrogen-bond donors (Lipinski definition) is 1. The average Bonchev–Trinajstić information content (AvgIpc) is 2.64. The Morgan fingerprint density at radius 2 is 2.19 bits per heavy atom. The van der Waals surface area contributed by atoms with Crippen molar-refractivity contribution in [3.63, 3.8) is 0 Å². The van der Waals surface area contributed by atoms with Crippen LogP contribution in [0, 0.1) is 5.41 Å². The number of fused-ring (bicyclic) bond motifs is 1. The molecule has 1 aliphatic heterocycles. The molecule has 1 unspecified atom stereocenters. The van der Waals surface area contributed by atoms with Crippen molar-refractivity contribution < 1.29 is 0 Å². The fraction of sp³-hybridized carbons (Fsp3) is 0.462. The van der Waals surface area contributed by atoms with E-state index in [1.807, 2.05) is 17.8 Å². The Kier molecular flexibility index (Phi) is 3.54. The monoisotopic (exact) mass is 234 g/mol. The molecule has 1 aromatic rings. The van der Waals surface area contributed by atoms with Crippen LogP contribution in [0.3, 0.4) is 0 Å². The van der Waals surface area contributed by atoms with E-state index in [0.29, 0.717) is 11.9 Å². The second-order valence-electron chi connectivity index (χ2n) is 4.14. The molecule has 1 aromatic carbocycles. The van der Waals surface area contributed by atoms with Crippen LogP contribution in [0.5, 0.6) is 0 Å². The Labute approximate surface area is 102 Å². The van der Waals surface area contributed by atoms with Crippen molar-refractivity contribution in [1.29, 1.82) is 5.41 Å². The topological polar surface area (TPSA) is 27.1 Å². The first-order valence-electron chi connectivity index (χ1n) is 5.75. The van der Waals surface area contributed by atoms with Gasteiger partial charge >= 0.3 is 0 Å². The van der Waals surface area contributed by atoms with Gasteiger partial charge in [0.15, 0.2) is 0 Å². The van der Waals surface area contributed by atoms with Gasteiger partial charge in [0.25, 0.3) is 0 Å². The lowest BCUT2D eigenvalue weighted by atomic mass is 10.1. The van der Waals surface area contributed by atoms with Crippen LogP contribution >= 0.6 is 11.8 Å². The molecule has 1 atom stereocenters. The van der Waals surface area contributed by atoms with E-state index < -0.39 is 0 Å². The van der Waals surface area contributed by atoms with Crippen molar-refractivity contribution in [2.24, 2.45) is 0 Å². The molecule has 0 saturated carbocycles. The first-order chi connectivity index (χ1) is 7.74. The van der Waals surface area contributed by atoms with E-state index in [1.54, 1.807) is 0 Å². The second-order valence-corrected chi connectivity index (χ2v) is 5.46. The smallest absolute Gasteiger partial charge is 0.128 e. The van der Waals surface area contributed by atoms with Crippen molar-refractivity contribution in [3.8, 4) is 0 Å². The largest absolute Gasteiger partial charge is 0.349 e. The quantitative estimate of drug-likeness (QED) is 0.867. The molecule has 0 fully saturated rings. The van der Waals surface area contributed by atoms with Crippen LogP contribution in [-0.2, 0) is 6.54 Å². The third-order valence-electron chi connectivity index (χ3n) is 3.00. The predicted molar refractivity (Wildman–Crippen MR) is 71.3 cm³/mol. The first kappa shape index (κ1) is 11.5. The summed E-state index contributed by atoms with van der Waals surface area (Å²) < 4.78 is 0. The maximum Gasteiger partial charge on any atom is 0.128 e. The molecule has 1 heterocycles. The molecule has 0 bridgehead atoms. The minimum atomic E-state index is 0.449. The van der Waals surface area contributed by atoms with Gasteiger partial charge in [-0.15, -0.1) is 0 Å². The zero-order valence-corrected chi connectivity index (χ0v) is 10.7. The molecule has 86 valence electrons. The Bertz CT molecular complexity index is 389. The standard InChI is InChI=1S/C13H18N2S/c1-3-16-9-10(2)15-8-11-6-4-5-7-12(11)13(15)14/h4-7,10,14H,3,8-9H2,1-2H3. The van der Waals surface area contributed by atoms with Gasteiger partial charge in [-0.25, -0.2) is 0 Å². The Morgan fingerprint density at radius 1 is 1.44 bits per heavy atom. The van der Waals surface area contributed by atoms with Crippen molar-refractivity contribution in [2.75, 3.05) is 11.5 Å². The summed E-state index contributed by atoms with van der Waals surface area (Å²) in [5.41, 5.74) is 2.40. The summed E-state index contributed by atoms with van der Waals surface area (Å²) in [6.07, 6.45) is 0. The Morgan fingerprint density at radius 3 is 2.88 bits per heavy atom. The van der Waals surface area contributed by atoms with Gasteiger partial charge in [0.05, 0.1) is 0 Å². The lowest BCUT2D eigenvalue weighted by Gasteiger charge is -2.25. The minimum absolute atomic E-state index is 0.449. The molecule has 0 aliphatic carbocycles. The number of benzene rings is 1. The van der Waals surface area contributed by atoms with Crippen LogP contribution in [0.15, 0.2) is 24.3 Å². The highest BCUT2D eigenvalue weighted by atomic mass is 32.2. The van der Waals surface area contributed by atoms with Gasteiger partial charge in [-0.2, -0.15) is 11.8 Å². The van der Waals surface area contributed by atoms with Crippen molar-refractivity contribution in [1.82, 2.24) is 4.90 Å². The van der Waals surface area contributed by atoms with Gasteiger partial charge in [0, 0.05) is 23.9 Å². The number of thioether (sulfide) groups is 1. The number of rotatable bonds is 4. The molecule has 16 heavy (non-hydrogen) atoms. The summed E-state index contributed by atoms with van der Waals surface area (Å²) in [5, 5.41) is 8.17. The molecule has 1 N–H and O–H groups in total. The summed E-state index contributed by atoms with van der Waals surface area (Å²) in [5.74, 6) is 2.95. The van der Waals surface area contributed by atoms with Crippen molar-refractivity contribution in [3.05, 3.63) is 35.4 Å². The molecule has 2 rings (SSSR count). The number of nitrogens with zero attached hydrogens (tertiary/aromatic N) is 1. The SMILES string of the molecule is CCSCC(C)N1Cc2ccccc2C1=N. The summed E-state index contributed by atoms with van der Waals surface area (Å²) in [7, 11) is 0. The van der Waals surface area contributed by atoms with E-state index in [4.69, 9.17) is 5.41 Å². The van der Waals surface area contributed by atoms with Crippen LogP contribution in [0.25, 0.3) is 0 Å². The first-order valence-corrected chi connectivity index (χ1v) is 6.90. The molecule has 0 amide bonds. The molecular weight excluding hydrogens is 216 g/mol. The lowest BCUT2D eigenvalue weighted by Crippen LogP contribution is -2.35. The molecule has 2 nitrogen and oxygen atoms in total. The van der Waals surface area contributed by atoms with Crippen LogP contribution in [0.2, 0.25) is 0 Å². The highest BCUT2D eigenvalue weighted by Gasteiger charge is 2.26. The number of hydrogen-bond acceptors (Lipinski definition) is 2. The van der Waals surface area contributed by atoms with E-state index in [0.717, 1.165) is 23.6 Å². The lowest BCUT2D eigenvalue weighted by molar-refractivity contribution is 0.360. The van der Waals surface area contributed by atoms with E-state index in [9.17, 15) is 0 Å². The van der Waals surface area contributed by atoms with Crippen LogP contribution in [-0.4, -0.2) is 28.3 Å². The van der Waals surface area contributed by atoms with Gasteiger partial charge in [-0.05, 0) is 18.2 Å². The maximum atomic E-state index is 8.17. The molecule has 0 saturated heterocycles. The van der Waals surface area contributed by atoms with E-state index in [2.05, 4.69) is 36.9 Å². The fourth-order valence-corrected chi connectivity index (χ4v) is 2.82. The maximum absolute atomic E-state index is 8.17. The summed E-state index contributed by atoms with van der Waals surface area (Å²) in [6, 6.07) is 8.70. The molecule has 0 radical (unpaired) electrons. The van der Waals surface area contributed by atoms with Crippen LogP contribution in [0.4, 0.5) is 0 Å². The molecule has 3 heteroatoms. The van der Waals surface area contributed by atoms with Crippen molar-refractivity contribution >= 4 is 17.6 Å². The molecule has 0 spiro atoms. The molecule has 0 aromatic heterocycles. The zero-order valence-electron chi connectivity index (χ0n) is 9.86. The summed E-state index contributed by atoms with van der Waals surface area (Å²) in [4.78, 5) is 2.20. The molecule has 1 aliphatic rings. The van der Waals surface area contributed by atoms with Gasteiger partial charge in [0.1, 0.15) is 5.84 Å². The van der Waals surface area contributed by atoms with E-state index in [-0.39, 0.29) is 0 Å². The Hall–Kier alpha value is -0.960. The van der Waals surface area contributed by atoms with E-state index in [1.165, 1.54) is 5.56 Å². The third-order valence-corrected chi connectivity index (χ3v) is 4.12. The molecular formula is C13H18N2S. The zero-order chi connectivity index (χ0) is 11.5. The average molecular weight is 234 g/mol.